The fourth-order valence-electron chi connectivity index (χ4n) is 2.79. The summed E-state index contributed by atoms with van der Waals surface area (Å²) < 4.78 is 22.8. The molecule has 0 fully saturated rings. The Bertz CT molecular complexity index is 834. The first-order chi connectivity index (χ1) is 13.9. The van der Waals surface area contributed by atoms with E-state index in [9.17, 15) is 13.6 Å². The summed E-state index contributed by atoms with van der Waals surface area (Å²) >= 11 is 9.99. The van der Waals surface area contributed by atoms with Crippen molar-refractivity contribution in [1.82, 2.24) is 5.32 Å². The molecule has 2 aromatic rings. The number of hydrogen-bond donors (Lipinski definition) is 3. The van der Waals surface area contributed by atoms with Gasteiger partial charge >= 0.3 is 0 Å². The third-order valence-electron chi connectivity index (χ3n) is 4.39. The van der Waals surface area contributed by atoms with E-state index in [1.807, 2.05) is 6.07 Å². The number of unbranched alkanes of at least 4 members (excludes halogenated alkanes) is 2. The Kier molecular flexibility index (Phi) is 9.90. The van der Waals surface area contributed by atoms with Crippen LogP contribution in [0.25, 0.3) is 0 Å². The van der Waals surface area contributed by atoms with Crippen molar-refractivity contribution in [3.63, 3.8) is 0 Å². The molecular weight excluding hydrogens is 433 g/mol. The number of anilines is 1. The first-order valence-corrected chi connectivity index (χ1v) is 11.2. The molecule has 0 saturated heterocycles. The number of rotatable bonds is 11. The van der Waals surface area contributed by atoms with Crippen LogP contribution in [-0.2, 0) is 17.7 Å². The van der Waals surface area contributed by atoms with E-state index in [0.29, 0.717) is 40.8 Å². The van der Waals surface area contributed by atoms with Crippen molar-refractivity contribution in [2.24, 2.45) is 5.73 Å². The zero-order valence-corrected chi connectivity index (χ0v) is 18.3. The van der Waals surface area contributed by atoms with Crippen LogP contribution >= 0.6 is 23.2 Å². The molecule has 1 unspecified atom stereocenters. The maximum atomic E-state index is 12.2. The molecule has 2 rings (SSSR count). The standard InChI is InChI=1S/C20H25Cl2N3O3S/c21-18-6-4-5-15(19(18)22)11-14-25(29(27)28)17-9-7-16(8-10-17)20(26)24-13-3-1-2-12-23/h4-10H,1-3,11-14,23H2,(H,24,26)(H,27,28). The largest absolute Gasteiger partial charge is 0.352 e. The molecule has 9 heteroatoms. The maximum absolute atomic E-state index is 12.2. The normalized spacial score (nSPS) is 11.9. The van der Waals surface area contributed by atoms with Crippen LogP contribution in [0.5, 0.6) is 0 Å². The average Bonchev–Trinajstić information content (AvgIpc) is 2.71. The SMILES string of the molecule is NCCCCCNC(=O)c1ccc(N(CCc2cccc(Cl)c2Cl)S(=O)O)cc1. The van der Waals surface area contributed by atoms with Crippen LogP contribution < -0.4 is 15.4 Å². The second kappa shape index (κ2) is 12.1. The lowest BCUT2D eigenvalue weighted by Crippen LogP contribution is -2.28. The second-order valence-electron chi connectivity index (χ2n) is 6.45. The lowest BCUT2D eigenvalue weighted by Gasteiger charge is -2.20. The Hall–Kier alpha value is -1.64. The van der Waals surface area contributed by atoms with Crippen LogP contribution in [0.3, 0.4) is 0 Å². The highest BCUT2D eigenvalue weighted by Crippen LogP contribution is 2.26. The van der Waals surface area contributed by atoms with Gasteiger partial charge in [-0.15, -0.1) is 0 Å². The van der Waals surface area contributed by atoms with E-state index in [1.165, 1.54) is 4.31 Å². The fraction of sp³-hybridized carbons (Fsp3) is 0.350. The van der Waals surface area contributed by atoms with Gasteiger partial charge in [0.2, 0.25) is 0 Å². The van der Waals surface area contributed by atoms with Gasteiger partial charge in [0.15, 0.2) is 0 Å². The Balaban J connectivity index is 1.98. The van der Waals surface area contributed by atoms with Crippen molar-refractivity contribution in [3.8, 4) is 0 Å². The van der Waals surface area contributed by atoms with Crippen molar-refractivity contribution in [1.29, 1.82) is 0 Å². The molecule has 0 heterocycles. The number of nitrogens with two attached hydrogens (primary N) is 1. The number of amides is 1. The van der Waals surface area contributed by atoms with Crippen molar-refractivity contribution in [2.75, 3.05) is 23.9 Å². The number of benzene rings is 2. The van der Waals surface area contributed by atoms with E-state index in [-0.39, 0.29) is 12.5 Å². The minimum absolute atomic E-state index is 0.174. The van der Waals surface area contributed by atoms with Crippen LogP contribution in [0.4, 0.5) is 5.69 Å². The van der Waals surface area contributed by atoms with Crippen molar-refractivity contribution >= 4 is 46.1 Å². The molecule has 2 aromatic carbocycles. The van der Waals surface area contributed by atoms with E-state index < -0.39 is 11.3 Å². The zero-order valence-electron chi connectivity index (χ0n) is 15.9. The number of nitrogens with zero attached hydrogens (tertiary/aromatic N) is 1. The summed E-state index contributed by atoms with van der Waals surface area (Å²) in [6.07, 6.45) is 3.24. The topological polar surface area (TPSA) is 95.7 Å². The van der Waals surface area contributed by atoms with E-state index in [2.05, 4.69) is 5.32 Å². The molecule has 6 nitrogen and oxygen atoms in total. The summed E-state index contributed by atoms with van der Waals surface area (Å²) in [5.41, 5.74) is 7.26. The highest BCUT2D eigenvalue weighted by molar-refractivity contribution is 7.80. The highest BCUT2D eigenvalue weighted by Gasteiger charge is 2.15. The van der Waals surface area contributed by atoms with Crippen LogP contribution in [-0.4, -0.2) is 34.3 Å². The van der Waals surface area contributed by atoms with Crippen molar-refractivity contribution in [2.45, 2.75) is 25.7 Å². The Labute approximate surface area is 183 Å². The highest BCUT2D eigenvalue weighted by atomic mass is 35.5. The van der Waals surface area contributed by atoms with Crippen molar-refractivity contribution < 1.29 is 13.6 Å². The molecule has 0 spiro atoms. The van der Waals surface area contributed by atoms with Crippen LogP contribution in [0.15, 0.2) is 42.5 Å². The Morgan fingerprint density at radius 1 is 1.10 bits per heavy atom. The summed E-state index contributed by atoms with van der Waals surface area (Å²) in [4.78, 5) is 12.2. The lowest BCUT2D eigenvalue weighted by atomic mass is 10.1. The predicted molar refractivity (Wildman–Crippen MR) is 120 cm³/mol. The van der Waals surface area contributed by atoms with Gasteiger partial charge in [0.1, 0.15) is 0 Å². The lowest BCUT2D eigenvalue weighted by molar-refractivity contribution is 0.0953. The molecule has 0 saturated carbocycles. The number of nitrogens with one attached hydrogen (secondary N) is 1. The summed E-state index contributed by atoms with van der Waals surface area (Å²) in [7, 11) is 0. The molecule has 0 radical (unpaired) electrons. The molecule has 0 aliphatic carbocycles. The number of carbonyl (C=O) groups excluding carboxylic acids is 1. The molecular formula is C20H25Cl2N3O3S. The molecule has 4 N–H and O–H groups in total. The Morgan fingerprint density at radius 2 is 1.83 bits per heavy atom. The summed E-state index contributed by atoms with van der Waals surface area (Å²) in [6.45, 7) is 1.51. The average molecular weight is 458 g/mol. The monoisotopic (exact) mass is 457 g/mol. The van der Waals surface area contributed by atoms with Crippen molar-refractivity contribution in [3.05, 3.63) is 63.6 Å². The van der Waals surface area contributed by atoms with Gasteiger partial charge in [0, 0.05) is 18.7 Å². The molecule has 0 aliphatic rings. The van der Waals surface area contributed by atoms with Crippen LogP contribution in [0, 0.1) is 0 Å². The fourth-order valence-corrected chi connectivity index (χ4v) is 3.75. The molecule has 0 aromatic heterocycles. The van der Waals surface area contributed by atoms with E-state index in [1.54, 1.807) is 36.4 Å². The van der Waals surface area contributed by atoms with E-state index >= 15 is 0 Å². The number of carbonyl (C=O) groups is 1. The molecule has 1 amide bonds. The van der Waals surface area contributed by atoms with Gasteiger partial charge in [-0.2, -0.15) is 0 Å². The quantitative estimate of drug-likeness (QED) is 0.350. The third-order valence-corrected chi connectivity index (χ3v) is 6.02. The van der Waals surface area contributed by atoms with Crippen LogP contribution in [0.2, 0.25) is 10.0 Å². The molecule has 1 atom stereocenters. The number of hydrogen-bond acceptors (Lipinski definition) is 3. The van der Waals surface area contributed by atoms with Gasteiger partial charge in [0.25, 0.3) is 17.2 Å². The van der Waals surface area contributed by atoms with Gasteiger partial charge in [-0.05, 0) is 61.7 Å². The van der Waals surface area contributed by atoms with Crippen LogP contribution in [0.1, 0.15) is 35.2 Å². The third kappa shape index (κ3) is 7.28. The zero-order chi connectivity index (χ0) is 21.2. The van der Waals surface area contributed by atoms with Gasteiger partial charge in [-0.1, -0.05) is 41.8 Å². The minimum atomic E-state index is -2.22. The first-order valence-electron chi connectivity index (χ1n) is 9.33. The number of halogens is 2. The predicted octanol–water partition coefficient (Wildman–Crippen LogP) is 4.04. The molecule has 0 bridgehead atoms. The van der Waals surface area contributed by atoms with Gasteiger partial charge in [-0.25, -0.2) is 4.21 Å². The first kappa shape index (κ1) is 23.6. The molecule has 0 aliphatic heterocycles. The minimum Gasteiger partial charge on any atom is -0.352 e. The molecule has 158 valence electrons. The Morgan fingerprint density at radius 3 is 2.48 bits per heavy atom. The smallest absolute Gasteiger partial charge is 0.261 e. The second-order valence-corrected chi connectivity index (χ2v) is 8.14. The maximum Gasteiger partial charge on any atom is 0.261 e. The van der Waals surface area contributed by atoms with E-state index in [0.717, 1.165) is 24.8 Å². The van der Waals surface area contributed by atoms with E-state index in [4.69, 9.17) is 28.9 Å². The summed E-state index contributed by atoms with van der Waals surface area (Å²) in [5.74, 6) is -0.174. The van der Waals surface area contributed by atoms with Gasteiger partial charge in [0.05, 0.1) is 15.7 Å². The van der Waals surface area contributed by atoms with Gasteiger partial charge in [-0.3, -0.25) is 13.7 Å². The summed E-state index contributed by atoms with van der Waals surface area (Å²) in [6, 6.07) is 11.9. The summed E-state index contributed by atoms with van der Waals surface area (Å²) in [5, 5.41) is 3.74. The molecule has 29 heavy (non-hydrogen) atoms. The van der Waals surface area contributed by atoms with Gasteiger partial charge < -0.3 is 11.1 Å².